The average Bonchev–Trinajstić information content (AvgIpc) is 2.28. The van der Waals surface area contributed by atoms with Crippen molar-refractivity contribution < 1.29 is 4.74 Å². The zero-order valence-electron chi connectivity index (χ0n) is 10.2. The lowest BCUT2D eigenvalue weighted by atomic mass is 10.4. The molecular formula is C11H20N4O. The molecule has 1 rings (SSSR count). The van der Waals surface area contributed by atoms with Crippen molar-refractivity contribution in [3.05, 3.63) is 11.8 Å². The van der Waals surface area contributed by atoms with Crippen molar-refractivity contribution in [2.75, 3.05) is 31.6 Å². The Bertz CT molecular complexity index is 324. The SMILES string of the molecule is CCCN(CCN)c1nc(C)cc(OC)n1. The van der Waals surface area contributed by atoms with Crippen LogP contribution in [-0.4, -0.2) is 36.7 Å². The second-order valence-electron chi connectivity index (χ2n) is 3.63. The van der Waals surface area contributed by atoms with Gasteiger partial charge in [0.2, 0.25) is 11.8 Å². The largest absolute Gasteiger partial charge is 0.481 e. The van der Waals surface area contributed by atoms with Crippen molar-refractivity contribution in [1.82, 2.24) is 9.97 Å². The summed E-state index contributed by atoms with van der Waals surface area (Å²) in [6, 6.07) is 1.82. The maximum Gasteiger partial charge on any atom is 0.228 e. The highest BCUT2D eigenvalue weighted by atomic mass is 16.5. The van der Waals surface area contributed by atoms with E-state index in [0.29, 0.717) is 18.4 Å². The van der Waals surface area contributed by atoms with E-state index in [1.165, 1.54) is 0 Å². The van der Waals surface area contributed by atoms with E-state index in [0.717, 1.165) is 25.2 Å². The Morgan fingerprint density at radius 2 is 2.12 bits per heavy atom. The molecule has 0 radical (unpaired) electrons. The summed E-state index contributed by atoms with van der Waals surface area (Å²) in [6.45, 7) is 6.32. The van der Waals surface area contributed by atoms with Crippen molar-refractivity contribution in [1.29, 1.82) is 0 Å². The lowest BCUT2D eigenvalue weighted by Crippen LogP contribution is -2.31. The first-order chi connectivity index (χ1) is 7.71. The van der Waals surface area contributed by atoms with Gasteiger partial charge in [-0.1, -0.05) is 6.92 Å². The van der Waals surface area contributed by atoms with E-state index < -0.39 is 0 Å². The zero-order valence-corrected chi connectivity index (χ0v) is 10.2. The molecule has 0 fully saturated rings. The molecule has 2 N–H and O–H groups in total. The van der Waals surface area contributed by atoms with E-state index >= 15 is 0 Å². The van der Waals surface area contributed by atoms with Crippen molar-refractivity contribution in [2.45, 2.75) is 20.3 Å². The van der Waals surface area contributed by atoms with Crippen LogP contribution in [0.15, 0.2) is 6.07 Å². The molecule has 0 spiro atoms. The Morgan fingerprint density at radius 3 is 2.69 bits per heavy atom. The predicted octanol–water partition coefficient (Wildman–Crippen LogP) is 0.969. The molecule has 0 aliphatic rings. The number of aromatic nitrogens is 2. The molecule has 0 saturated heterocycles. The molecule has 1 heterocycles. The van der Waals surface area contributed by atoms with Crippen LogP contribution in [0.4, 0.5) is 5.95 Å². The average molecular weight is 224 g/mol. The quantitative estimate of drug-likeness (QED) is 0.780. The van der Waals surface area contributed by atoms with Crippen LogP contribution in [0.2, 0.25) is 0 Å². The number of aryl methyl sites for hydroxylation is 1. The first-order valence-corrected chi connectivity index (χ1v) is 5.56. The van der Waals surface area contributed by atoms with Crippen LogP contribution < -0.4 is 15.4 Å². The predicted molar refractivity (Wildman–Crippen MR) is 64.9 cm³/mol. The number of hydrogen-bond acceptors (Lipinski definition) is 5. The fourth-order valence-corrected chi connectivity index (χ4v) is 1.51. The van der Waals surface area contributed by atoms with E-state index in [4.69, 9.17) is 10.5 Å². The van der Waals surface area contributed by atoms with E-state index in [9.17, 15) is 0 Å². The number of hydrogen-bond donors (Lipinski definition) is 1. The van der Waals surface area contributed by atoms with Crippen molar-refractivity contribution in [3.63, 3.8) is 0 Å². The lowest BCUT2D eigenvalue weighted by molar-refractivity contribution is 0.396. The number of nitrogens with zero attached hydrogens (tertiary/aromatic N) is 3. The van der Waals surface area contributed by atoms with Gasteiger partial charge in [0.05, 0.1) is 7.11 Å². The zero-order chi connectivity index (χ0) is 12.0. The highest BCUT2D eigenvalue weighted by molar-refractivity contribution is 5.34. The van der Waals surface area contributed by atoms with Crippen LogP contribution in [0, 0.1) is 6.92 Å². The number of anilines is 1. The van der Waals surface area contributed by atoms with Crippen LogP contribution in [0.5, 0.6) is 5.88 Å². The Hall–Kier alpha value is -1.36. The van der Waals surface area contributed by atoms with Gasteiger partial charge in [-0.3, -0.25) is 0 Å². The topological polar surface area (TPSA) is 64.3 Å². The van der Waals surface area contributed by atoms with Crippen LogP contribution in [0.1, 0.15) is 19.0 Å². The van der Waals surface area contributed by atoms with Gasteiger partial charge in [0, 0.05) is 31.4 Å². The van der Waals surface area contributed by atoms with E-state index in [1.807, 2.05) is 13.0 Å². The van der Waals surface area contributed by atoms with Gasteiger partial charge >= 0.3 is 0 Å². The number of nitrogens with two attached hydrogens (primary N) is 1. The third kappa shape index (κ3) is 3.34. The minimum Gasteiger partial charge on any atom is -0.481 e. The normalized spacial score (nSPS) is 10.2. The molecule has 0 atom stereocenters. The minimum atomic E-state index is 0.597. The lowest BCUT2D eigenvalue weighted by Gasteiger charge is -2.21. The number of methoxy groups -OCH3 is 1. The summed E-state index contributed by atoms with van der Waals surface area (Å²) in [5.74, 6) is 1.30. The summed E-state index contributed by atoms with van der Waals surface area (Å²) in [5.41, 5.74) is 6.48. The molecule has 5 nitrogen and oxygen atoms in total. The Balaban J connectivity index is 2.93. The smallest absolute Gasteiger partial charge is 0.228 e. The van der Waals surface area contributed by atoms with Gasteiger partial charge in [-0.25, -0.2) is 4.98 Å². The fraction of sp³-hybridized carbons (Fsp3) is 0.636. The van der Waals surface area contributed by atoms with Crippen molar-refractivity contribution in [3.8, 4) is 5.88 Å². The molecule has 90 valence electrons. The van der Waals surface area contributed by atoms with Crippen molar-refractivity contribution in [2.24, 2.45) is 5.73 Å². The standard InChI is InChI=1S/C11H20N4O/c1-4-6-15(7-5-12)11-13-9(2)8-10(14-11)16-3/h8H,4-7,12H2,1-3H3. The molecule has 1 aromatic heterocycles. The summed E-state index contributed by atoms with van der Waals surface area (Å²) in [7, 11) is 1.61. The molecule has 1 aromatic rings. The van der Waals surface area contributed by atoms with Gasteiger partial charge in [-0.05, 0) is 13.3 Å². The maximum atomic E-state index is 5.58. The summed E-state index contributed by atoms with van der Waals surface area (Å²) >= 11 is 0. The molecule has 5 heteroatoms. The van der Waals surface area contributed by atoms with Gasteiger partial charge < -0.3 is 15.4 Å². The van der Waals surface area contributed by atoms with Crippen LogP contribution in [-0.2, 0) is 0 Å². The van der Waals surface area contributed by atoms with Crippen LogP contribution in [0.3, 0.4) is 0 Å². The summed E-state index contributed by atoms with van der Waals surface area (Å²) < 4.78 is 5.13. The third-order valence-corrected chi connectivity index (χ3v) is 2.20. The van der Waals surface area contributed by atoms with Gasteiger partial charge in [0.1, 0.15) is 0 Å². The molecule has 0 amide bonds. The minimum absolute atomic E-state index is 0.597. The van der Waals surface area contributed by atoms with Crippen molar-refractivity contribution >= 4 is 5.95 Å². The molecule has 16 heavy (non-hydrogen) atoms. The molecule has 0 aliphatic heterocycles. The Morgan fingerprint density at radius 1 is 1.38 bits per heavy atom. The molecule has 0 aromatic carbocycles. The number of ether oxygens (including phenoxy) is 1. The molecule has 0 bridgehead atoms. The monoisotopic (exact) mass is 224 g/mol. The first-order valence-electron chi connectivity index (χ1n) is 5.56. The first kappa shape index (κ1) is 12.7. The Kier molecular flexibility index (Phi) is 4.98. The van der Waals surface area contributed by atoms with Crippen LogP contribution >= 0.6 is 0 Å². The maximum absolute atomic E-state index is 5.58. The summed E-state index contributed by atoms with van der Waals surface area (Å²) in [4.78, 5) is 10.8. The van der Waals surface area contributed by atoms with Gasteiger partial charge in [0.15, 0.2) is 0 Å². The Labute approximate surface area is 96.6 Å². The molecular weight excluding hydrogens is 204 g/mol. The fourth-order valence-electron chi connectivity index (χ4n) is 1.51. The van der Waals surface area contributed by atoms with Gasteiger partial charge in [-0.2, -0.15) is 4.98 Å². The molecule has 0 aliphatic carbocycles. The highest BCUT2D eigenvalue weighted by Gasteiger charge is 2.10. The van der Waals surface area contributed by atoms with Crippen LogP contribution in [0.25, 0.3) is 0 Å². The van der Waals surface area contributed by atoms with Gasteiger partial charge in [0.25, 0.3) is 0 Å². The van der Waals surface area contributed by atoms with E-state index in [-0.39, 0.29) is 0 Å². The third-order valence-electron chi connectivity index (χ3n) is 2.20. The second kappa shape index (κ2) is 6.27. The second-order valence-corrected chi connectivity index (χ2v) is 3.63. The molecule has 0 unspecified atom stereocenters. The molecule has 0 saturated carbocycles. The van der Waals surface area contributed by atoms with Gasteiger partial charge in [-0.15, -0.1) is 0 Å². The summed E-state index contributed by atoms with van der Waals surface area (Å²) in [6.07, 6.45) is 1.04. The highest BCUT2D eigenvalue weighted by Crippen LogP contribution is 2.14. The summed E-state index contributed by atoms with van der Waals surface area (Å²) in [5, 5.41) is 0. The number of rotatable bonds is 6. The van der Waals surface area contributed by atoms with E-state index in [2.05, 4.69) is 21.8 Å². The van der Waals surface area contributed by atoms with E-state index in [1.54, 1.807) is 7.11 Å².